The Morgan fingerprint density at radius 1 is 1.42 bits per heavy atom. The lowest BCUT2D eigenvalue weighted by molar-refractivity contribution is 0.597. The molecule has 12 heavy (non-hydrogen) atoms. The Morgan fingerprint density at radius 3 is 2.92 bits per heavy atom. The number of hydrogen-bond acceptors (Lipinski definition) is 1. The van der Waals surface area contributed by atoms with E-state index in [4.69, 9.17) is 5.73 Å². The van der Waals surface area contributed by atoms with Gasteiger partial charge in [-0.05, 0) is 30.4 Å². The quantitative estimate of drug-likeness (QED) is 0.579. The van der Waals surface area contributed by atoms with E-state index in [0.29, 0.717) is 5.92 Å². The second-order valence-electron chi connectivity index (χ2n) is 3.84. The zero-order valence-electron chi connectivity index (χ0n) is 7.67. The highest BCUT2D eigenvalue weighted by Crippen LogP contribution is 2.36. The summed E-state index contributed by atoms with van der Waals surface area (Å²) < 4.78 is 0. The predicted molar refractivity (Wildman–Crippen MR) is 51.7 cm³/mol. The minimum absolute atomic E-state index is 0.191. The molecule has 0 amide bonds. The standard InChI is InChI=1S/C11H15N/c1-7-5-10-6-9(10)3-4-11(12)8(7)2/h3-5,8,11H,6,12H2,1-2H3/b4-3-,7-5-. The molecule has 0 bridgehead atoms. The molecular formula is C11H15N. The lowest BCUT2D eigenvalue weighted by atomic mass is 9.93. The highest BCUT2D eigenvalue weighted by Gasteiger charge is 2.21. The first-order valence-electron chi connectivity index (χ1n) is 4.52. The van der Waals surface area contributed by atoms with Gasteiger partial charge in [0.25, 0.3) is 0 Å². The monoisotopic (exact) mass is 161 g/mol. The average Bonchev–Trinajstić information content (AvgIpc) is 2.76. The molecule has 0 aromatic rings. The summed E-state index contributed by atoms with van der Waals surface area (Å²) in [4.78, 5) is 0. The van der Waals surface area contributed by atoms with Gasteiger partial charge < -0.3 is 5.73 Å². The highest BCUT2D eigenvalue weighted by molar-refractivity contribution is 5.52. The highest BCUT2D eigenvalue weighted by atomic mass is 14.6. The van der Waals surface area contributed by atoms with Gasteiger partial charge in [0.15, 0.2) is 0 Å². The van der Waals surface area contributed by atoms with Gasteiger partial charge in [-0.2, -0.15) is 0 Å². The van der Waals surface area contributed by atoms with Crippen LogP contribution >= 0.6 is 0 Å². The average molecular weight is 161 g/mol. The van der Waals surface area contributed by atoms with Crippen molar-refractivity contribution in [1.29, 1.82) is 0 Å². The maximum atomic E-state index is 5.97. The summed E-state index contributed by atoms with van der Waals surface area (Å²) in [5.41, 5.74) is 10.4. The van der Waals surface area contributed by atoms with E-state index in [2.05, 4.69) is 32.1 Å². The molecular weight excluding hydrogens is 146 g/mol. The molecule has 0 heterocycles. The van der Waals surface area contributed by atoms with E-state index in [-0.39, 0.29) is 6.04 Å². The van der Waals surface area contributed by atoms with Gasteiger partial charge in [0, 0.05) is 6.04 Å². The molecule has 0 saturated heterocycles. The Labute approximate surface area is 73.6 Å². The first-order valence-corrected chi connectivity index (χ1v) is 4.52. The van der Waals surface area contributed by atoms with Crippen molar-refractivity contribution in [2.24, 2.45) is 11.7 Å². The number of rotatable bonds is 0. The molecule has 2 unspecified atom stereocenters. The van der Waals surface area contributed by atoms with Gasteiger partial charge in [-0.15, -0.1) is 0 Å². The van der Waals surface area contributed by atoms with Crippen molar-refractivity contribution in [1.82, 2.24) is 0 Å². The Hall–Kier alpha value is -0.820. The van der Waals surface area contributed by atoms with Gasteiger partial charge in [-0.1, -0.05) is 30.7 Å². The molecule has 2 aliphatic rings. The van der Waals surface area contributed by atoms with Gasteiger partial charge in [0.2, 0.25) is 0 Å². The molecule has 0 spiro atoms. The molecule has 64 valence electrons. The fourth-order valence-corrected chi connectivity index (χ4v) is 1.57. The largest absolute Gasteiger partial charge is 0.324 e. The fourth-order valence-electron chi connectivity index (χ4n) is 1.57. The van der Waals surface area contributed by atoms with Crippen LogP contribution in [0.5, 0.6) is 0 Å². The van der Waals surface area contributed by atoms with Crippen molar-refractivity contribution in [3.63, 3.8) is 0 Å². The third kappa shape index (κ3) is 1.25. The summed E-state index contributed by atoms with van der Waals surface area (Å²) in [5, 5.41) is 0. The summed E-state index contributed by atoms with van der Waals surface area (Å²) >= 11 is 0. The second-order valence-corrected chi connectivity index (χ2v) is 3.84. The zero-order valence-corrected chi connectivity index (χ0v) is 7.67. The SMILES string of the molecule is C/C1=C/C2=C(/C=C\C(N)C1C)C2. The van der Waals surface area contributed by atoms with Gasteiger partial charge in [-0.25, -0.2) is 0 Å². The molecule has 0 aromatic carbocycles. The third-order valence-electron chi connectivity index (χ3n) is 2.89. The van der Waals surface area contributed by atoms with Crippen LogP contribution in [0, 0.1) is 5.92 Å². The number of hydrogen-bond donors (Lipinski definition) is 1. The van der Waals surface area contributed by atoms with Crippen LogP contribution in [0.3, 0.4) is 0 Å². The fraction of sp³-hybridized carbons (Fsp3) is 0.455. The van der Waals surface area contributed by atoms with Crippen molar-refractivity contribution in [3.8, 4) is 0 Å². The molecule has 2 atom stereocenters. The summed E-state index contributed by atoms with van der Waals surface area (Å²) in [7, 11) is 0. The predicted octanol–water partition coefficient (Wildman–Crippen LogP) is 2.17. The van der Waals surface area contributed by atoms with Crippen LogP contribution in [-0.4, -0.2) is 6.04 Å². The number of nitrogens with two attached hydrogens (primary N) is 1. The van der Waals surface area contributed by atoms with Crippen LogP contribution in [0.1, 0.15) is 20.3 Å². The summed E-state index contributed by atoms with van der Waals surface area (Å²) in [6.07, 6.45) is 7.78. The van der Waals surface area contributed by atoms with Crippen LogP contribution in [0.25, 0.3) is 0 Å². The van der Waals surface area contributed by atoms with E-state index in [9.17, 15) is 0 Å². The lowest BCUT2D eigenvalue weighted by Crippen LogP contribution is -2.26. The molecule has 2 rings (SSSR count). The van der Waals surface area contributed by atoms with E-state index in [1.807, 2.05) is 0 Å². The summed E-state index contributed by atoms with van der Waals surface area (Å²) in [5.74, 6) is 0.482. The Bertz CT molecular complexity index is 294. The van der Waals surface area contributed by atoms with Crippen molar-refractivity contribution in [2.75, 3.05) is 0 Å². The van der Waals surface area contributed by atoms with E-state index < -0.39 is 0 Å². The minimum Gasteiger partial charge on any atom is -0.324 e. The second kappa shape index (κ2) is 2.60. The minimum atomic E-state index is 0.191. The zero-order chi connectivity index (χ0) is 8.72. The van der Waals surface area contributed by atoms with Crippen molar-refractivity contribution >= 4 is 0 Å². The van der Waals surface area contributed by atoms with Gasteiger partial charge in [0.05, 0.1) is 0 Å². The molecule has 2 N–H and O–H groups in total. The molecule has 0 radical (unpaired) electrons. The van der Waals surface area contributed by atoms with E-state index >= 15 is 0 Å². The molecule has 0 aliphatic heterocycles. The summed E-state index contributed by atoms with van der Waals surface area (Å²) in [6.45, 7) is 4.36. The molecule has 0 aromatic heterocycles. The molecule has 0 saturated carbocycles. The maximum absolute atomic E-state index is 5.97. The Balaban J connectivity index is 2.32. The smallest absolute Gasteiger partial charge is 0.0290 e. The van der Waals surface area contributed by atoms with Crippen LogP contribution in [0.2, 0.25) is 0 Å². The molecule has 1 heteroatoms. The molecule has 0 fully saturated rings. The topological polar surface area (TPSA) is 26.0 Å². The Morgan fingerprint density at radius 2 is 2.17 bits per heavy atom. The van der Waals surface area contributed by atoms with Crippen LogP contribution in [0.4, 0.5) is 0 Å². The van der Waals surface area contributed by atoms with E-state index in [1.54, 1.807) is 0 Å². The normalized spacial score (nSPS) is 40.8. The van der Waals surface area contributed by atoms with E-state index in [0.717, 1.165) is 0 Å². The van der Waals surface area contributed by atoms with E-state index in [1.165, 1.54) is 23.1 Å². The molecule has 1 nitrogen and oxygen atoms in total. The first-order chi connectivity index (χ1) is 5.68. The maximum Gasteiger partial charge on any atom is 0.0290 e. The van der Waals surface area contributed by atoms with Gasteiger partial charge in [-0.3, -0.25) is 0 Å². The first kappa shape index (κ1) is 7.81. The lowest BCUT2D eigenvalue weighted by Gasteiger charge is -2.17. The van der Waals surface area contributed by atoms with Gasteiger partial charge in [0.1, 0.15) is 0 Å². The van der Waals surface area contributed by atoms with Crippen LogP contribution in [0.15, 0.2) is 34.9 Å². The van der Waals surface area contributed by atoms with Crippen molar-refractivity contribution in [2.45, 2.75) is 26.3 Å². The third-order valence-corrected chi connectivity index (χ3v) is 2.89. The van der Waals surface area contributed by atoms with Crippen molar-refractivity contribution in [3.05, 3.63) is 34.9 Å². The van der Waals surface area contributed by atoms with Crippen LogP contribution in [-0.2, 0) is 0 Å². The van der Waals surface area contributed by atoms with Gasteiger partial charge >= 0.3 is 0 Å². The van der Waals surface area contributed by atoms with Crippen LogP contribution < -0.4 is 5.73 Å². The summed E-state index contributed by atoms with van der Waals surface area (Å²) in [6, 6.07) is 0.191. The van der Waals surface area contributed by atoms with Crippen molar-refractivity contribution < 1.29 is 0 Å². The molecule has 2 aliphatic carbocycles. The number of allylic oxidation sites excluding steroid dienone is 4. The Kier molecular flexibility index (Phi) is 1.69.